The minimum atomic E-state index is -0.659. The highest BCUT2D eigenvalue weighted by Crippen LogP contribution is 2.41. The van der Waals surface area contributed by atoms with Gasteiger partial charge in [0.1, 0.15) is 11.2 Å². The fraction of sp³-hybridized carbons (Fsp3) is 0. The van der Waals surface area contributed by atoms with Gasteiger partial charge in [0.15, 0.2) is 17.5 Å². The van der Waals surface area contributed by atoms with Crippen molar-refractivity contribution in [1.82, 2.24) is 15.0 Å². The lowest BCUT2D eigenvalue weighted by Crippen LogP contribution is -2.01. The van der Waals surface area contributed by atoms with Gasteiger partial charge in [-0.05, 0) is 68.4 Å². The van der Waals surface area contributed by atoms with Gasteiger partial charge in [-0.2, -0.15) is 0 Å². The van der Waals surface area contributed by atoms with Gasteiger partial charge in [0, 0.05) is 27.5 Å². The quantitative estimate of drug-likeness (QED) is 0.174. The standard InChI is InChI=1S/C49H31N3O/c1-4-14-32(15-5-1)36-27-29-44-43(30-36)46-41(24-13-25-45(46)53-44)49-51-47(35-19-8-3-9-20-35)50-48(52-49)37-26-28-40(42(31-37)34-16-6-2-7-17-34)39-23-12-21-33-18-10-11-22-38(33)39/h1-31H/i2D,3D,6D,7D,8D,9D,16D,17D,19D,20D,24D,25D,27D,29D. The zero-order valence-corrected chi connectivity index (χ0v) is 27.6. The van der Waals surface area contributed by atoms with E-state index in [1.807, 2.05) is 48.5 Å². The molecule has 8 aromatic carbocycles. The van der Waals surface area contributed by atoms with E-state index >= 15 is 0 Å². The Kier molecular flexibility index (Phi) is 4.72. The summed E-state index contributed by atoms with van der Waals surface area (Å²) in [5, 5.41) is 2.12. The van der Waals surface area contributed by atoms with E-state index < -0.39 is 60.4 Å². The Hall–Kier alpha value is -7.17. The average Bonchev–Trinajstić information content (AvgIpc) is 3.72. The van der Waals surface area contributed by atoms with Gasteiger partial charge in [0.25, 0.3) is 0 Å². The van der Waals surface area contributed by atoms with Crippen LogP contribution in [0.3, 0.4) is 0 Å². The molecule has 0 unspecified atom stereocenters. The molecular formula is C49H31N3O. The second kappa shape index (κ2) is 12.9. The van der Waals surface area contributed by atoms with Crippen LogP contribution in [0.1, 0.15) is 19.2 Å². The van der Waals surface area contributed by atoms with Crippen LogP contribution in [0.4, 0.5) is 0 Å². The van der Waals surface area contributed by atoms with E-state index in [1.54, 1.807) is 48.5 Å². The Morgan fingerprint density at radius 1 is 0.377 bits per heavy atom. The van der Waals surface area contributed by atoms with Crippen LogP contribution in [-0.4, -0.2) is 15.0 Å². The molecule has 0 saturated heterocycles. The van der Waals surface area contributed by atoms with Crippen molar-refractivity contribution in [1.29, 1.82) is 0 Å². The highest BCUT2D eigenvalue weighted by Gasteiger charge is 2.20. The van der Waals surface area contributed by atoms with Crippen LogP contribution >= 0.6 is 0 Å². The third kappa shape index (κ3) is 5.54. The Bertz CT molecular complexity index is 3700. The van der Waals surface area contributed by atoms with Gasteiger partial charge < -0.3 is 4.42 Å². The maximum atomic E-state index is 9.33. The summed E-state index contributed by atoms with van der Waals surface area (Å²) in [6, 6.07) is 23.2. The summed E-state index contributed by atoms with van der Waals surface area (Å²) in [6.07, 6.45) is 0. The maximum absolute atomic E-state index is 9.33. The largest absolute Gasteiger partial charge is 0.456 e. The first-order valence-electron chi connectivity index (χ1n) is 23.6. The number of benzene rings is 8. The van der Waals surface area contributed by atoms with Crippen LogP contribution in [-0.2, 0) is 0 Å². The Morgan fingerprint density at radius 2 is 1.09 bits per heavy atom. The number of nitrogens with zero attached hydrogens (tertiary/aromatic N) is 3. The van der Waals surface area contributed by atoms with Crippen molar-refractivity contribution in [2.75, 3.05) is 0 Å². The van der Waals surface area contributed by atoms with Crippen molar-refractivity contribution in [3.05, 3.63) is 188 Å². The molecule has 0 radical (unpaired) electrons. The summed E-state index contributed by atoms with van der Waals surface area (Å²) in [5.41, 5.74) is 1.99. The zero-order chi connectivity index (χ0) is 47.3. The lowest BCUT2D eigenvalue weighted by Gasteiger charge is -2.15. The molecule has 2 aromatic heterocycles. The van der Waals surface area contributed by atoms with Crippen molar-refractivity contribution in [2.45, 2.75) is 0 Å². The predicted molar refractivity (Wildman–Crippen MR) is 217 cm³/mol. The number of fused-ring (bicyclic) bond motifs is 4. The molecule has 0 saturated carbocycles. The fourth-order valence-corrected chi connectivity index (χ4v) is 6.58. The Labute approximate surface area is 326 Å². The van der Waals surface area contributed by atoms with Gasteiger partial charge in [-0.15, -0.1) is 0 Å². The smallest absolute Gasteiger partial charge is 0.164 e. The zero-order valence-electron chi connectivity index (χ0n) is 41.6. The molecule has 4 heteroatoms. The number of hydrogen-bond donors (Lipinski definition) is 0. The van der Waals surface area contributed by atoms with E-state index in [0.717, 1.165) is 10.8 Å². The Balaban J connectivity index is 1.32. The summed E-state index contributed by atoms with van der Waals surface area (Å²) in [4.78, 5) is 14.3. The van der Waals surface area contributed by atoms with Crippen molar-refractivity contribution >= 4 is 32.7 Å². The van der Waals surface area contributed by atoms with Gasteiger partial charge >= 0.3 is 0 Å². The molecular weight excluding hydrogens is 647 g/mol. The molecule has 53 heavy (non-hydrogen) atoms. The summed E-state index contributed by atoms with van der Waals surface area (Å²) in [6.45, 7) is 0. The van der Waals surface area contributed by atoms with Crippen molar-refractivity contribution < 1.29 is 23.6 Å². The second-order valence-corrected chi connectivity index (χ2v) is 12.1. The maximum Gasteiger partial charge on any atom is 0.164 e. The summed E-state index contributed by atoms with van der Waals surface area (Å²) in [7, 11) is 0. The highest BCUT2D eigenvalue weighted by atomic mass is 16.3. The van der Waals surface area contributed by atoms with E-state index in [2.05, 4.69) is 0 Å². The highest BCUT2D eigenvalue weighted by molar-refractivity contribution is 6.13. The van der Waals surface area contributed by atoms with Crippen LogP contribution in [0.2, 0.25) is 0 Å². The van der Waals surface area contributed by atoms with E-state index in [4.69, 9.17) is 37.2 Å². The minimum Gasteiger partial charge on any atom is -0.456 e. The van der Waals surface area contributed by atoms with E-state index in [0.29, 0.717) is 22.3 Å². The molecule has 10 aromatic rings. The van der Waals surface area contributed by atoms with E-state index in [9.17, 15) is 1.37 Å². The molecule has 0 bridgehead atoms. The number of furan rings is 1. The fourth-order valence-electron chi connectivity index (χ4n) is 6.58. The molecule has 0 spiro atoms. The van der Waals surface area contributed by atoms with Crippen LogP contribution in [0.25, 0.3) is 100 Å². The van der Waals surface area contributed by atoms with Gasteiger partial charge in [-0.3, -0.25) is 0 Å². The molecule has 0 amide bonds. The first-order chi connectivity index (χ1) is 32.1. The lowest BCUT2D eigenvalue weighted by atomic mass is 9.90. The summed E-state index contributed by atoms with van der Waals surface area (Å²) >= 11 is 0. The van der Waals surface area contributed by atoms with Crippen LogP contribution < -0.4 is 0 Å². The number of hydrogen-bond acceptors (Lipinski definition) is 4. The molecule has 0 N–H and O–H groups in total. The third-order valence-corrected chi connectivity index (χ3v) is 9.01. The molecule has 0 aliphatic carbocycles. The minimum absolute atomic E-state index is 0.0172. The average molecular weight is 692 g/mol. The second-order valence-electron chi connectivity index (χ2n) is 12.1. The van der Waals surface area contributed by atoms with Gasteiger partial charge in [-0.1, -0.05) is 164 Å². The van der Waals surface area contributed by atoms with Gasteiger partial charge in [-0.25, -0.2) is 15.0 Å². The van der Waals surface area contributed by atoms with Crippen LogP contribution in [0.5, 0.6) is 0 Å². The SMILES string of the molecule is [2H]c1cc([2H])c2oc3c([2H])c([2H])c(-c4ccccc4)cc3c2c1-c1nc(-c2ccc(-c3cccc4ccccc34)c(-c3c([2H])c([2H])c([2H])c([2H])c3[2H])c2)nc(-c2c([2H])c([2H])c([2H])c([2H])c2[2H])n1. The summed E-state index contributed by atoms with van der Waals surface area (Å²) in [5.74, 6) is -0.774. The molecule has 2 heterocycles. The summed E-state index contributed by atoms with van der Waals surface area (Å²) < 4.78 is 129. The molecule has 248 valence electrons. The van der Waals surface area contributed by atoms with Crippen molar-refractivity contribution in [3.63, 3.8) is 0 Å². The number of rotatable bonds is 6. The lowest BCUT2D eigenvalue weighted by molar-refractivity contribution is 0.669. The van der Waals surface area contributed by atoms with E-state index in [-0.39, 0.29) is 91.4 Å². The molecule has 0 aliphatic rings. The van der Waals surface area contributed by atoms with Crippen LogP contribution in [0, 0.1) is 0 Å². The molecule has 10 rings (SSSR count). The topological polar surface area (TPSA) is 51.8 Å². The van der Waals surface area contributed by atoms with Crippen LogP contribution in [0.15, 0.2) is 192 Å². The normalized spacial score (nSPS) is 15.1. The first kappa shape index (κ1) is 19.4. The Morgan fingerprint density at radius 3 is 1.92 bits per heavy atom. The van der Waals surface area contributed by atoms with Gasteiger partial charge in [0.2, 0.25) is 0 Å². The molecule has 0 fully saturated rings. The molecule has 0 aliphatic heterocycles. The monoisotopic (exact) mass is 691 g/mol. The predicted octanol–water partition coefficient (Wildman–Crippen LogP) is 12.9. The third-order valence-electron chi connectivity index (χ3n) is 9.01. The van der Waals surface area contributed by atoms with Gasteiger partial charge in [0.05, 0.1) is 19.2 Å². The van der Waals surface area contributed by atoms with Crippen molar-refractivity contribution in [2.24, 2.45) is 0 Å². The first-order valence-corrected chi connectivity index (χ1v) is 16.6. The van der Waals surface area contributed by atoms with E-state index in [1.165, 1.54) is 6.07 Å². The number of aromatic nitrogens is 3. The molecule has 0 atom stereocenters. The molecule has 4 nitrogen and oxygen atoms in total. The van der Waals surface area contributed by atoms with Crippen molar-refractivity contribution in [3.8, 4) is 67.5 Å².